The van der Waals surface area contributed by atoms with Gasteiger partial charge in [-0.2, -0.15) is 5.10 Å². The van der Waals surface area contributed by atoms with Gasteiger partial charge in [0.15, 0.2) is 5.65 Å². The number of anilines is 2. The topological polar surface area (TPSA) is 50.1 Å². The molecule has 0 saturated carbocycles. The lowest BCUT2D eigenvalue weighted by atomic mass is 10.2. The van der Waals surface area contributed by atoms with Crippen LogP contribution in [0.5, 0.6) is 0 Å². The van der Waals surface area contributed by atoms with E-state index in [9.17, 15) is 0 Å². The summed E-state index contributed by atoms with van der Waals surface area (Å²) in [6.07, 6.45) is 5.90. The summed E-state index contributed by atoms with van der Waals surface area (Å²) in [7, 11) is 4.08. The fourth-order valence-corrected chi connectivity index (χ4v) is 3.59. The number of rotatable bonds is 4. The Morgan fingerprint density at radius 3 is 2.88 bits per heavy atom. The van der Waals surface area contributed by atoms with Crippen molar-refractivity contribution in [1.82, 2.24) is 19.7 Å². The Kier molecular flexibility index (Phi) is 3.80. The highest BCUT2D eigenvalue weighted by Crippen LogP contribution is 2.30. The normalized spacial score (nSPS) is 17.6. The van der Waals surface area contributed by atoms with Crippen molar-refractivity contribution in [3.8, 4) is 0 Å². The number of aromatic nitrogens is 4. The van der Waals surface area contributed by atoms with Gasteiger partial charge >= 0.3 is 0 Å². The molecular weight excluding hydrogens is 300 g/mol. The first kappa shape index (κ1) is 14.9. The Bertz CT molecular complexity index is 828. The number of para-hydroxylation sites is 1. The van der Waals surface area contributed by atoms with Gasteiger partial charge in [-0.15, -0.1) is 0 Å². The fraction of sp³-hybridized carbons (Fsp3) is 0.389. The number of hydrogen-bond donors (Lipinski definition) is 0. The van der Waals surface area contributed by atoms with E-state index in [0.717, 1.165) is 29.9 Å². The van der Waals surface area contributed by atoms with Crippen LogP contribution in [0.1, 0.15) is 12.8 Å². The molecule has 0 aliphatic carbocycles. The van der Waals surface area contributed by atoms with Crippen molar-refractivity contribution < 1.29 is 0 Å². The summed E-state index contributed by atoms with van der Waals surface area (Å²) in [4.78, 5) is 13.7. The van der Waals surface area contributed by atoms with Gasteiger partial charge in [0.05, 0.1) is 11.6 Å². The van der Waals surface area contributed by atoms with E-state index in [-0.39, 0.29) is 0 Å². The standard InChI is InChI=1S/C18H22N6/c1-22(14-7-4-3-5-8-14)12-15-9-6-10-24(15)18-16-11-21-23(2)17(16)19-13-20-18/h3-5,7-8,11,13,15H,6,9-10,12H2,1-2H3/t15-/m0/s1. The highest BCUT2D eigenvalue weighted by Gasteiger charge is 2.28. The van der Waals surface area contributed by atoms with Crippen LogP contribution in [-0.2, 0) is 7.05 Å². The van der Waals surface area contributed by atoms with Crippen LogP contribution in [0.15, 0.2) is 42.9 Å². The molecule has 124 valence electrons. The van der Waals surface area contributed by atoms with Gasteiger partial charge in [0.25, 0.3) is 0 Å². The summed E-state index contributed by atoms with van der Waals surface area (Å²) in [5.41, 5.74) is 2.14. The Labute approximate surface area is 141 Å². The van der Waals surface area contributed by atoms with E-state index < -0.39 is 0 Å². The molecule has 0 N–H and O–H groups in total. The van der Waals surface area contributed by atoms with Crippen molar-refractivity contribution in [3.05, 3.63) is 42.9 Å². The summed E-state index contributed by atoms with van der Waals surface area (Å²) in [6.45, 7) is 2.02. The molecule has 1 saturated heterocycles. The average Bonchev–Trinajstić information content (AvgIpc) is 3.23. The van der Waals surface area contributed by atoms with Crippen molar-refractivity contribution in [1.29, 1.82) is 0 Å². The highest BCUT2D eigenvalue weighted by atomic mass is 15.3. The Balaban J connectivity index is 1.60. The van der Waals surface area contributed by atoms with E-state index >= 15 is 0 Å². The number of aryl methyl sites for hydroxylation is 1. The lowest BCUT2D eigenvalue weighted by molar-refractivity contribution is 0.651. The van der Waals surface area contributed by atoms with Crippen molar-refractivity contribution in [2.75, 3.05) is 29.9 Å². The molecular formula is C18H22N6. The predicted molar refractivity (Wildman–Crippen MR) is 96.4 cm³/mol. The molecule has 6 heteroatoms. The molecule has 4 rings (SSSR count). The summed E-state index contributed by atoms with van der Waals surface area (Å²) in [6, 6.07) is 11.0. The maximum absolute atomic E-state index is 4.58. The largest absolute Gasteiger partial charge is 0.373 e. The van der Waals surface area contributed by atoms with Crippen LogP contribution in [0, 0.1) is 0 Å². The first-order chi connectivity index (χ1) is 11.7. The smallest absolute Gasteiger partial charge is 0.163 e. The lowest BCUT2D eigenvalue weighted by Crippen LogP contribution is -2.39. The predicted octanol–water partition coefficient (Wildman–Crippen LogP) is 2.47. The second-order valence-electron chi connectivity index (χ2n) is 6.41. The third-order valence-electron chi connectivity index (χ3n) is 4.84. The van der Waals surface area contributed by atoms with Crippen LogP contribution < -0.4 is 9.80 Å². The third-order valence-corrected chi connectivity index (χ3v) is 4.84. The number of benzene rings is 1. The molecule has 1 fully saturated rings. The van der Waals surface area contributed by atoms with Crippen molar-refractivity contribution in [2.24, 2.45) is 7.05 Å². The molecule has 6 nitrogen and oxygen atoms in total. The zero-order chi connectivity index (χ0) is 16.5. The molecule has 0 bridgehead atoms. The fourth-order valence-electron chi connectivity index (χ4n) is 3.59. The number of hydrogen-bond acceptors (Lipinski definition) is 5. The van der Waals surface area contributed by atoms with Crippen molar-refractivity contribution in [3.63, 3.8) is 0 Å². The highest BCUT2D eigenvalue weighted by molar-refractivity contribution is 5.86. The molecule has 1 aliphatic rings. The quantitative estimate of drug-likeness (QED) is 0.738. The zero-order valence-corrected chi connectivity index (χ0v) is 14.1. The monoisotopic (exact) mass is 322 g/mol. The molecule has 0 spiro atoms. The molecule has 0 unspecified atom stereocenters. The van der Waals surface area contributed by atoms with E-state index in [4.69, 9.17) is 0 Å². The van der Waals surface area contributed by atoms with Gasteiger partial charge in [-0.3, -0.25) is 4.68 Å². The van der Waals surface area contributed by atoms with Gasteiger partial charge in [-0.05, 0) is 25.0 Å². The second kappa shape index (κ2) is 6.11. The van der Waals surface area contributed by atoms with Crippen LogP contribution in [0.3, 0.4) is 0 Å². The molecule has 2 aromatic heterocycles. The van der Waals surface area contributed by atoms with E-state index in [1.54, 1.807) is 6.33 Å². The Morgan fingerprint density at radius 1 is 1.21 bits per heavy atom. The number of fused-ring (bicyclic) bond motifs is 1. The van der Waals surface area contributed by atoms with Gasteiger partial charge in [0.2, 0.25) is 0 Å². The van der Waals surface area contributed by atoms with Gasteiger partial charge < -0.3 is 9.80 Å². The molecule has 0 radical (unpaired) electrons. The van der Waals surface area contributed by atoms with E-state index in [1.165, 1.54) is 18.5 Å². The summed E-state index contributed by atoms with van der Waals surface area (Å²) in [5.74, 6) is 1.01. The minimum atomic E-state index is 0.452. The van der Waals surface area contributed by atoms with Gasteiger partial charge in [0, 0.05) is 38.9 Å². The van der Waals surface area contributed by atoms with E-state index in [0.29, 0.717) is 6.04 Å². The first-order valence-electron chi connectivity index (χ1n) is 8.39. The van der Waals surface area contributed by atoms with Gasteiger partial charge in [0.1, 0.15) is 12.1 Å². The summed E-state index contributed by atoms with van der Waals surface area (Å²) < 4.78 is 1.81. The summed E-state index contributed by atoms with van der Waals surface area (Å²) >= 11 is 0. The lowest BCUT2D eigenvalue weighted by Gasteiger charge is -2.30. The molecule has 3 aromatic rings. The van der Waals surface area contributed by atoms with Gasteiger partial charge in [-0.25, -0.2) is 9.97 Å². The molecule has 3 heterocycles. The number of likely N-dealkylation sites (N-methyl/N-ethyl adjacent to an activating group) is 1. The SMILES string of the molecule is CN(C[C@@H]1CCCN1c1ncnc2c1cnn2C)c1ccccc1. The van der Waals surface area contributed by atoms with Gasteiger partial charge in [-0.1, -0.05) is 18.2 Å². The molecule has 1 aliphatic heterocycles. The van der Waals surface area contributed by atoms with E-state index in [1.807, 2.05) is 17.9 Å². The average molecular weight is 322 g/mol. The first-order valence-corrected chi connectivity index (χ1v) is 8.39. The van der Waals surface area contributed by atoms with Crippen LogP contribution in [0.2, 0.25) is 0 Å². The van der Waals surface area contributed by atoms with Crippen LogP contribution >= 0.6 is 0 Å². The van der Waals surface area contributed by atoms with Crippen LogP contribution in [0.4, 0.5) is 11.5 Å². The molecule has 0 amide bonds. The Hall–Kier alpha value is -2.63. The zero-order valence-electron chi connectivity index (χ0n) is 14.1. The van der Waals surface area contributed by atoms with Crippen molar-refractivity contribution in [2.45, 2.75) is 18.9 Å². The summed E-state index contributed by atoms with van der Waals surface area (Å²) in [5, 5.41) is 5.37. The molecule has 1 atom stereocenters. The maximum Gasteiger partial charge on any atom is 0.163 e. The maximum atomic E-state index is 4.58. The van der Waals surface area contributed by atoms with Crippen LogP contribution in [0.25, 0.3) is 11.0 Å². The Morgan fingerprint density at radius 2 is 2.04 bits per heavy atom. The van der Waals surface area contributed by atoms with Crippen LogP contribution in [-0.4, -0.2) is 45.9 Å². The van der Waals surface area contributed by atoms with E-state index in [2.05, 4.69) is 62.2 Å². The third kappa shape index (κ3) is 2.58. The van der Waals surface area contributed by atoms with Crippen molar-refractivity contribution >= 4 is 22.5 Å². The minimum absolute atomic E-state index is 0.452. The molecule has 24 heavy (non-hydrogen) atoms. The minimum Gasteiger partial charge on any atom is -0.373 e. The number of nitrogens with zero attached hydrogens (tertiary/aromatic N) is 6. The molecule has 1 aromatic carbocycles. The second-order valence-corrected chi connectivity index (χ2v) is 6.41.